The molecule has 7 heteroatoms. The molecule has 1 amide bonds. The minimum atomic E-state index is -0.498. The lowest BCUT2D eigenvalue weighted by molar-refractivity contribution is -0.134. The molecule has 2 heterocycles. The summed E-state index contributed by atoms with van der Waals surface area (Å²) >= 11 is 0. The van der Waals surface area contributed by atoms with Crippen LogP contribution in [0.3, 0.4) is 0 Å². The number of aryl methyl sites for hydroxylation is 1. The first kappa shape index (κ1) is 14.0. The third-order valence-electron chi connectivity index (χ3n) is 3.46. The number of nitrogens with zero attached hydrogens (tertiary/aromatic N) is 3. The molecular weight excluding hydrogens is 248 g/mol. The van der Waals surface area contributed by atoms with E-state index in [4.69, 9.17) is 15.0 Å². The topological polar surface area (TPSA) is 94.5 Å². The standard InChI is InChI=1S/C12H20N4O3/c1-4-9(13)12(17)16-6-8(18-3)5-10(16)11-14-7(2)15-19-11/h8-10H,4-6,13H2,1-3H3/t8-,9+,10+/m0/s1. The van der Waals surface area contributed by atoms with Crippen LogP contribution in [0.5, 0.6) is 0 Å². The zero-order valence-corrected chi connectivity index (χ0v) is 11.5. The summed E-state index contributed by atoms with van der Waals surface area (Å²) in [6.45, 7) is 4.15. The summed E-state index contributed by atoms with van der Waals surface area (Å²) in [6.07, 6.45) is 1.23. The maximum atomic E-state index is 12.3. The number of carbonyl (C=O) groups is 1. The molecule has 1 saturated heterocycles. The number of hydrogen-bond donors (Lipinski definition) is 1. The van der Waals surface area contributed by atoms with Crippen molar-refractivity contribution in [2.75, 3.05) is 13.7 Å². The Labute approximate surface area is 112 Å². The Hall–Kier alpha value is -1.47. The van der Waals surface area contributed by atoms with Crippen LogP contribution in [0.25, 0.3) is 0 Å². The Morgan fingerprint density at radius 3 is 2.95 bits per heavy atom. The number of amides is 1. The van der Waals surface area contributed by atoms with E-state index in [0.29, 0.717) is 31.1 Å². The summed E-state index contributed by atoms with van der Waals surface area (Å²) in [5, 5.41) is 3.77. The Morgan fingerprint density at radius 1 is 1.68 bits per heavy atom. The summed E-state index contributed by atoms with van der Waals surface area (Å²) < 4.78 is 10.5. The highest BCUT2D eigenvalue weighted by Gasteiger charge is 2.40. The molecule has 0 bridgehead atoms. The molecule has 1 fully saturated rings. The number of nitrogens with two attached hydrogens (primary N) is 1. The van der Waals surface area contributed by atoms with Crippen LogP contribution in [0, 0.1) is 6.92 Å². The number of rotatable bonds is 4. The van der Waals surface area contributed by atoms with Gasteiger partial charge in [-0.15, -0.1) is 0 Å². The van der Waals surface area contributed by atoms with E-state index in [1.165, 1.54) is 0 Å². The van der Waals surface area contributed by atoms with E-state index in [1.807, 2.05) is 6.92 Å². The molecule has 2 rings (SSSR count). The molecule has 19 heavy (non-hydrogen) atoms. The number of carbonyl (C=O) groups excluding carboxylic acids is 1. The summed E-state index contributed by atoms with van der Waals surface area (Å²) in [5.41, 5.74) is 5.83. The second-order valence-corrected chi connectivity index (χ2v) is 4.79. The summed E-state index contributed by atoms with van der Waals surface area (Å²) in [5.74, 6) is 0.916. The maximum absolute atomic E-state index is 12.3. The van der Waals surface area contributed by atoms with Crippen LogP contribution in [0.1, 0.15) is 37.5 Å². The van der Waals surface area contributed by atoms with Gasteiger partial charge in [0.2, 0.25) is 11.8 Å². The van der Waals surface area contributed by atoms with Gasteiger partial charge >= 0.3 is 0 Å². The molecule has 0 spiro atoms. The maximum Gasteiger partial charge on any atom is 0.249 e. The van der Waals surface area contributed by atoms with Crippen molar-refractivity contribution < 1.29 is 14.1 Å². The molecule has 0 aromatic carbocycles. The van der Waals surface area contributed by atoms with Crippen LogP contribution in [0.2, 0.25) is 0 Å². The molecule has 0 saturated carbocycles. The number of ether oxygens (including phenoxy) is 1. The fourth-order valence-electron chi connectivity index (χ4n) is 2.28. The number of aromatic nitrogens is 2. The minimum Gasteiger partial charge on any atom is -0.380 e. The average molecular weight is 268 g/mol. The quantitative estimate of drug-likeness (QED) is 0.849. The van der Waals surface area contributed by atoms with Crippen LogP contribution in [-0.4, -0.2) is 46.7 Å². The van der Waals surface area contributed by atoms with Crippen molar-refractivity contribution in [2.45, 2.75) is 44.9 Å². The van der Waals surface area contributed by atoms with Crippen molar-refractivity contribution in [3.05, 3.63) is 11.7 Å². The first-order valence-corrected chi connectivity index (χ1v) is 6.45. The minimum absolute atomic E-state index is 0.0230. The Kier molecular flexibility index (Phi) is 4.16. The van der Waals surface area contributed by atoms with Crippen LogP contribution >= 0.6 is 0 Å². The van der Waals surface area contributed by atoms with Gasteiger partial charge < -0.3 is 19.9 Å². The van der Waals surface area contributed by atoms with Gasteiger partial charge in [0.25, 0.3) is 0 Å². The second-order valence-electron chi connectivity index (χ2n) is 4.79. The van der Waals surface area contributed by atoms with Crippen molar-refractivity contribution in [1.82, 2.24) is 15.0 Å². The highest BCUT2D eigenvalue weighted by molar-refractivity contribution is 5.82. The Bertz CT molecular complexity index is 448. The van der Waals surface area contributed by atoms with Crippen LogP contribution in [0.15, 0.2) is 4.52 Å². The molecule has 2 N–H and O–H groups in total. The zero-order chi connectivity index (χ0) is 14.0. The molecule has 0 radical (unpaired) electrons. The van der Waals surface area contributed by atoms with Crippen molar-refractivity contribution in [3.8, 4) is 0 Å². The highest BCUT2D eigenvalue weighted by atomic mass is 16.5. The first-order chi connectivity index (χ1) is 9.06. The third-order valence-corrected chi connectivity index (χ3v) is 3.46. The van der Waals surface area contributed by atoms with E-state index in [1.54, 1.807) is 18.9 Å². The molecule has 7 nitrogen and oxygen atoms in total. The van der Waals surface area contributed by atoms with Crippen LogP contribution in [-0.2, 0) is 9.53 Å². The first-order valence-electron chi connectivity index (χ1n) is 6.45. The van der Waals surface area contributed by atoms with E-state index >= 15 is 0 Å². The lowest BCUT2D eigenvalue weighted by Crippen LogP contribution is -2.43. The van der Waals surface area contributed by atoms with Gasteiger partial charge in [-0.25, -0.2) is 0 Å². The van der Waals surface area contributed by atoms with E-state index in [0.717, 1.165) is 0 Å². The van der Waals surface area contributed by atoms with Crippen molar-refractivity contribution in [2.24, 2.45) is 5.73 Å². The van der Waals surface area contributed by atoms with Crippen molar-refractivity contribution in [3.63, 3.8) is 0 Å². The van der Waals surface area contributed by atoms with E-state index in [-0.39, 0.29) is 18.1 Å². The third kappa shape index (κ3) is 2.76. The Morgan fingerprint density at radius 2 is 2.42 bits per heavy atom. The summed E-state index contributed by atoms with van der Waals surface area (Å²) in [7, 11) is 1.63. The molecule has 1 aromatic heterocycles. The van der Waals surface area contributed by atoms with Gasteiger partial charge in [-0.05, 0) is 13.3 Å². The van der Waals surface area contributed by atoms with E-state index in [2.05, 4.69) is 10.1 Å². The molecular formula is C12H20N4O3. The molecule has 0 aliphatic carbocycles. The molecule has 106 valence electrons. The van der Waals surface area contributed by atoms with Crippen molar-refractivity contribution >= 4 is 5.91 Å². The monoisotopic (exact) mass is 268 g/mol. The van der Waals surface area contributed by atoms with Crippen molar-refractivity contribution in [1.29, 1.82) is 0 Å². The van der Waals surface area contributed by atoms with Gasteiger partial charge in [0, 0.05) is 20.1 Å². The van der Waals surface area contributed by atoms with Gasteiger partial charge in [-0.1, -0.05) is 12.1 Å². The van der Waals surface area contributed by atoms with Gasteiger partial charge in [0.15, 0.2) is 5.82 Å². The number of likely N-dealkylation sites (tertiary alicyclic amines) is 1. The summed E-state index contributed by atoms with van der Waals surface area (Å²) in [6, 6.07) is -0.738. The molecule has 1 aromatic rings. The zero-order valence-electron chi connectivity index (χ0n) is 11.5. The van der Waals surface area contributed by atoms with Crippen LogP contribution in [0.4, 0.5) is 0 Å². The van der Waals surface area contributed by atoms with Gasteiger partial charge in [-0.3, -0.25) is 4.79 Å². The fourth-order valence-corrected chi connectivity index (χ4v) is 2.28. The predicted octanol–water partition coefficient (Wildman–Crippen LogP) is 0.404. The lowest BCUT2D eigenvalue weighted by atomic mass is 10.1. The largest absolute Gasteiger partial charge is 0.380 e. The van der Waals surface area contributed by atoms with Gasteiger partial charge in [0.1, 0.15) is 6.04 Å². The Balaban J connectivity index is 2.21. The average Bonchev–Trinajstić information content (AvgIpc) is 3.02. The smallest absolute Gasteiger partial charge is 0.249 e. The van der Waals surface area contributed by atoms with E-state index < -0.39 is 6.04 Å². The lowest BCUT2D eigenvalue weighted by Gasteiger charge is -2.24. The normalized spacial score (nSPS) is 24.7. The van der Waals surface area contributed by atoms with E-state index in [9.17, 15) is 4.79 Å². The van der Waals surface area contributed by atoms with Crippen LogP contribution < -0.4 is 5.73 Å². The molecule has 0 unspecified atom stereocenters. The second kappa shape index (κ2) is 5.66. The molecule has 1 aliphatic rings. The number of hydrogen-bond acceptors (Lipinski definition) is 6. The van der Waals surface area contributed by atoms with Gasteiger partial charge in [0.05, 0.1) is 12.1 Å². The summed E-state index contributed by atoms with van der Waals surface area (Å²) in [4.78, 5) is 18.2. The molecule has 3 atom stereocenters. The van der Waals surface area contributed by atoms with Gasteiger partial charge in [-0.2, -0.15) is 4.98 Å². The number of methoxy groups -OCH3 is 1. The fraction of sp³-hybridized carbons (Fsp3) is 0.750. The highest BCUT2D eigenvalue weighted by Crippen LogP contribution is 2.32. The SMILES string of the molecule is CC[C@@H](N)C(=O)N1C[C@@H](OC)C[C@@H]1c1nc(C)no1. The predicted molar refractivity (Wildman–Crippen MR) is 67.2 cm³/mol. The molecule has 1 aliphatic heterocycles.